The second-order valence-electron chi connectivity index (χ2n) is 6.00. The van der Waals surface area contributed by atoms with Crippen molar-refractivity contribution in [2.24, 2.45) is 0 Å². The van der Waals surface area contributed by atoms with E-state index in [4.69, 9.17) is 16.3 Å². The number of carbonyl (C=O) groups is 3. The SMILES string of the molecule is CC(=O)c1ccc(NC(=O)C(C)OC(=O)/C=C/c2ccc(Cl)c([N+](=O)[O-])c2)cc1. The van der Waals surface area contributed by atoms with Gasteiger partial charge in [0.05, 0.1) is 4.92 Å². The predicted molar refractivity (Wildman–Crippen MR) is 108 cm³/mol. The van der Waals surface area contributed by atoms with E-state index in [2.05, 4.69) is 5.32 Å². The minimum atomic E-state index is -1.08. The Morgan fingerprint density at radius 2 is 1.83 bits per heavy atom. The number of benzene rings is 2. The lowest BCUT2D eigenvalue weighted by Crippen LogP contribution is -2.29. The fourth-order valence-corrected chi connectivity index (χ4v) is 2.42. The first kappa shape index (κ1) is 21.8. The molecule has 0 fully saturated rings. The van der Waals surface area contributed by atoms with Crippen molar-refractivity contribution >= 4 is 46.7 Å². The van der Waals surface area contributed by atoms with Crippen LogP contribution in [0.2, 0.25) is 5.02 Å². The molecule has 0 aromatic heterocycles. The number of halogens is 1. The molecule has 2 rings (SSSR count). The zero-order chi connectivity index (χ0) is 21.6. The maximum absolute atomic E-state index is 12.1. The van der Waals surface area contributed by atoms with E-state index in [1.807, 2.05) is 0 Å². The molecule has 0 aliphatic heterocycles. The second kappa shape index (κ2) is 9.61. The molecule has 0 aliphatic rings. The van der Waals surface area contributed by atoms with Gasteiger partial charge in [0.1, 0.15) is 5.02 Å². The van der Waals surface area contributed by atoms with Crippen LogP contribution in [0.4, 0.5) is 11.4 Å². The number of nitro benzene ring substituents is 1. The highest BCUT2D eigenvalue weighted by Crippen LogP contribution is 2.25. The summed E-state index contributed by atoms with van der Waals surface area (Å²) in [6, 6.07) is 10.3. The summed E-state index contributed by atoms with van der Waals surface area (Å²) in [6.07, 6.45) is 1.29. The van der Waals surface area contributed by atoms with Crippen LogP contribution < -0.4 is 5.32 Å². The minimum absolute atomic E-state index is 0.0173. The molecular weight excluding hydrogens is 400 g/mol. The monoisotopic (exact) mass is 416 g/mol. The van der Waals surface area contributed by atoms with Gasteiger partial charge in [0.2, 0.25) is 0 Å². The van der Waals surface area contributed by atoms with Crippen LogP contribution in [0.3, 0.4) is 0 Å². The number of Topliss-reactive ketones (excluding diaryl/α,β-unsaturated/α-hetero) is 1. The van der Waals surface area contributed by atoms with E-state index in [1.165, 1.54) is 38.1 Å². The molecule has 0 saturated carbocycles. The van der Waals surface area contributed by atoms with Crippen molar-refractivity contribution in [2.75, 3.05) is 5.32 Å². The van der Waals surface area contributed by atoms with Crippen LogP contribution in [0, 0.1) is 10.1 Å². The molecule has 8 nitrogen and oxygen atoms in total. The summed E-state index contributed by atoms with van der Waals surface area (Å²) in [5.74, 6) is -1.44. The highest BCUT2D eigenvalue weighted by Gasteiger charge is 2.17. The van der Waals surface area contributed by atoms with Gasteiger partial charge in [-0.2, -0.15) is 0 Å². The number of ether oxygens (including phenoxy) is 1. The van der Waals surface area contributed by atoms with Crippen molar-refractivity contribution in [3.05, 3.63) is 74.8 Å². The molecular formula is C20H17ClN2O6. The summed E-state index contributed by atoms with van der Waals surface area (Å²) in [4.78, 5) is 45.5. The first-order valence-corrected chi connectivity index (χ1v) is 8.79. The highest BCUT2D eigenvalue weighted by atomic mass is 35.5. The van der Waals surface area contributed by atoms with Gasteiger partial charge >= 0.3 is 5.97 Å². The summed E-state index contributed by atoms with van der Waals surface area (Å²) in [5, 5.41) is 13.4. The quantitative estimate of drug-likeness (QED) is 0.239. The molecule has 0 radical (unpaired) electrons. The van der Waals surface area contributed by atoms with Crippen LogP contribution in [0.5, 0.6) is 0 Å². The smallest absolute Gasteiger partial charge is 0.331 e. The maximum Gasteiger partial charge on any atom is 0.331 e. The fraction of sp³-hybridized carbons (Fsp3) is 0.150. The van der Waals surface area contributed by atoms with Gasteiger partial charge in [-0.25, -0.2) is 4.79 Å². The molecule has 0 aliphatic carbocycles. The van der Waals surface area contributed by atoms with Crippen molar-refractivity contribution in [1.29, 1.82) is 0 Å². The van der Waals surface area contributed by atoms with Gasteiger partial charge in [0.15, 0.2) is 11.9 Å². The molecule has 150 valence electrons. The van der Waals surface area contributed by atoms with Gasteiger partial charge in [0.25, 0.3) is 11.6 Å². The molecule has 0 heterocycles. The topological polar surface area (TPSA) is 116 Å². The number of nitro groups is 1. The van der Waals surface area contributed by atoms with Crippen molar-refractivity contribution < 1.29 is 24.0 Å². The van der Waals surface area contributed by atoms with Crippen LogP contribution in [-0.2, 0) is 14.3 Å². The van der Waals surface area contributed by atoms with Crippen LogP contribution >= 0.6 is 11.6 Å². The number of nitrogens with one attached hydrogen (secondary N) is 1. The van der Waals surface area contributed by atoms with E-state index in [9.17, 15) is 24.5 Å². The lowest BCUT2D eigenvalue weighted by Gasteiger charge is -2.12. The van der Waals surface area contributed by atoms with Crippen LogP contribution in [0.1, 0.15) is 29.8 Å². The summed E-state index contributed by atoms with van der Waals surface area (Å²) < 4.78 is 5.02. The summed E-state index contributed by atoms with van der Waals surface area (Å²) >= 11 is 5.73. The average Bonchev–Trinajstić information content (AvgIpc) is 2.67. The van der Waals surface area contributed by atoms with E-state index >= 15 is 0 Å². The van der Waals surface area contributed by atoms with E-state index < -0.39 is 22.9 Å². The summed E-state index contributed by atoms with van der Waals surface area (Å²) in [7, 11) is 0. The Hall–Kier alpha value is -3.52. The van der Waals surface area contributed by atoms with E-state index in [1.54, 1.807) is 24.3 Å². The highest BCUT2D eigenvalue weighted by molar-refractivity contribution is 6.32. The minimum Gasteiger partial charge on any atom is -0.449 e. The summed E-state index contributed by atoms with van der Waals surface area (Å²) in [6.45, 7) is 2.84. The standard InChI is InChI=1S/C20H17ClN2O6/c1-12(24)15-5-7-16(8-6-15)22-20(26)13(2)29-19(25)10-4-14-3-9-17(21)18(11-14)23(27)28/h3-11,13H,1-2H3,(H,22,26)/b10-4+. The Labute approximate surface area is 171 Å². The zero-order valence-corrected chi connectivity index (χ0v) is 16.3. The third kappa shape index (κ3) is 6.25. The van der Waals surface area contributed by atoms with Gasteiger partial charge in [-0.1, -0.05) is 17.7 Å². The lowest BCUT2D eigenvalue weighted by atomic mass is 10.1. The molecule has 1 unspecified atom stereocenters. The number of esters is 1. The van der Waals surface area contributed by atoms with Gasteiger partial charge < -0.3 is 10.1 Å². The first-order chi connectivity index (χ1) is 13.7. The van der Waals surface area contributed by atoms with Crippen LogP contribution in [0.15, 0.2) is 48.5 Å². The van der Waals surface area contributed by atoms with Gasteiger partial charge in [-0.05, 0) is 55.8 Å². The molecule has 29 heavy (non-hydrogen) atoms. The summed E-state index contributed by atoms with van der Waals surface area (Å²) in [5.41, 5.74) is 1.05. The van der Waals surface area contributed by atoms with Crippen molar-refractivity contribution in [3.63, 3.8) is 0 Å². The van der Waals surface area contributed by atoms with Gasteiger partial charge in [-0.15, -0.1) is 0 Å². The van der Waals surface area contributed by atoms with Gasteiger partial charge in [0, 0.05) is 23.4 Å². The Kier molecular flexibility index (Phi) is 7.21. The molecule has 0 bridgehead atoms. The fourth-order valence-electron chi connectivity index (χ4n) is 2.24. The molecule has 0 saturated heterocycles. The number of rotatable bonds is 7. The van der Waals surface area contributed by atoms with E-state index in [0.717, 1.165) is 6.08 Å². The van der Waals surface area contributed by atoms with E-state index in [0.29, 0.717) is 16.8 Å². The Bertz CT molecular complexity index is 985. The van der Waals surface area contributed by atoms with Crippen molar-refractivity contribution in [2.45, 2.75) is 20.0 Å². The third-order valence-electron chi connectivity index (χ3n) is 3.80. The van der Waals surface area contributed by atoms with Crippen molar-refractivity contribution in [3.8, 4) is 0 Å². The second-order valence-corrected chi connectivity index (χ2v) is 6.41. The molecule has 0 spiro atoms. The number of ketones is 1. The number of nitrogens with zero attached hydrogens (tertiary/aromatic N) is 1. The van der Waals surface area contributed by atoms with Crippen LogP contribution in [-0.4, -0.2) is 28.7 Å². The molecule has 2 aromatic carbocycles. The Morgan fingerprint density at radius 1 is 1.17 bits per heavy atom. The average molecular weight is 417 g/mol. The van der Waals surface area contributed by atoms with Gasteiger partial charge in [-0.3, -0.25) is 19.7 Å². The molecule has 2 aromatic rings. The van der Waals surface area contributed by atoms with Crippen LogP contribution in [0.25, 0.3) is 6.08 Å². The number of hydrogen-bond donors (Lipinski definition) is 1. The Morgan fingerprint density at radius 3 is 2.41 bits per heavy atom. The number of amides is 1. The van der Waals surface area contributed by atoms with Crippen molar-refractivity contribution in [1.82, 2.24) is 0 Å². The molecule has 9 heteroatoms. The first-order valence-electron chi connectivity index (χ1n) is 8.42. The number of anilines is 1. The number of hydrogen-bond acceptors (Lipinski definition) is 6. The Balaban J connectivity index is 1.95. The predicted octanol–water partition coefficient (Wildman–Crippen LogP) is 4.03. The maximum atomic E-state index is 12.1. The number of carbonyl (C=O) groups excluding carboxylic acids is 3. The van der Waals surface area contributed by atoms with E-state index in [-0.39, 0.29) is 16.5 Å². The normalized spacial score (nSPS) is 11.7. The molecule has 1 N–H and O–H groups in total. The largest absolute Gasteiger partial charge is 0.449 e. The zero-order valence-electron chi connectivity index (χ0n) is 15.5. The molecule has 1 amide bonds. The third-order valence-corrected chi connectivity index (χ3v) is 4.12. The lowest BCUT2D eigenvalue weighted by molar-refractivity contribution is -0.384. The molecule has 1 atom stereocenters.